The van der Waals surface area contributed by atoms with E-state index in [1.165, 1.54) is 29.8 Å². The number of thiophene rings is 1. The normalized spacial score (nSPS) is 11.1. The van der Waals surface area contributed by atoms with Crippen LogP contribution in [0.1, 0.15) is 16.7 Å². The smallest absolute Gasteiger partial charge is 0.187 e. The van der Waals surface area contributed by atoms with E-state index >= 15 is 0 Å². The first-order valence-corrected chi connectivity index (χ1v) is 11.6. The summed E-state index contributed by atoms with van der Waals surface area (Å²) in [6.07, 6.45) is 1.39. The quantitative estimate of drug-likeness (QED) is 0.292. The topological polar surface area (TPSA) is 85.2 Å². The van der Waals surface area contributed by atoms with E-state index in [2.05, 4.69) is 28.3 Å². The highest BCUT2D eigenvalue weighted by molar-refractivity contribution is 7.14. The number of aryl methyl sites for hydroxylation is 2. The largest absolute Gasteiger partial charge is 0.383 e. The standard InChI is InChI=1S/C26H22FN7S/c1-15-8-5-6-11-20(15)33(17(3)21-16(2)13-35-26(21)29-4)34-25-22(24(28)30-14-31-25)23(32-34)18-9-7-10-19(27)12-18/h5-14H,3-4H2,1-2H3,(H2,28,30,31). The molecule has 7 nitrogen and oxygen atoms in total. The van der Waals surface area contributed by atoms with Crippen molar-refractivity contribution < 1.29 is 4.39 Å². The van der Waals surface area contributed by atoms with Gasteiger partial charge in [0.1, 0.15) is 28.7 Å². The molecule has 5 rings (SSSR count). The molecule has 0 amide bonds. The molecular weight excluding hydrogens is 461 g/mol. The van der Waals surface area contributed by atoms with Gasteiger partial charge in [0.15, 0.2) is 5.65 Å². The van der Waals surface area contributed by atoms with Gasteiger partial charge in [0.2, 0.25) is 0 Å². The number of nitrogens with two attached hydrogens (primary N) is 1. The molecule has 0 bridgehead atoms. The van der Waals surface area contributed by atoms with Gasteiger partial charge in [-0.05, 0) is 55.3 Å². The number of fused-ring (bicyclic) bond motifs is 1. The SMILES string of the molecule is C=Nc1scc(C)c1C(=C)N(c1ccccc1C)n1nc(-c2cccc(F)c2)c2c(N)ncnc21. The van der Waals surface area contributed by atoms with Gasteiger partial charge in [-0.15, -0.1) is 21.2 Å². The molecule has 0 fully saturated rings. The second-order valence-corrected chi connectivity index (χ2v) is 8.87. The predicted octanol–water partition coefficient (Wildman–Crippen LogP) is 6.17. The summed E-state index contributed by atoms with van der Waals surface area (Å²) >= 11 is 1.49. The van der Waals surface area contributed by atoms with Gasteiger partial charge in [-0.3, -0.25) is 4.99 Å². The van der Waals surface area contributed by atoms with Crippen molar-refractivity contribution in [1.29, 1.82) is 0 Å². The van der Waals surface area contributed by atoms with Gasteiger partial charge in [-0.2, -0.15) is 0 Å². The third kappa shape index (κ3) is 3.75. The first-order chi connectivity index (χ1) is 16.9. The van der Waals surface area contributed by atoms with Gasteiger partial charge in [-0.25, -0.2) is 19.4 Å². The van der Waals surface area contributed by atoms with Crippen LogP contribution in [0.5, 0.6) is 0 Å². The first kappa shape index (κ1) is 22.4. The van der Waals surface area contributed by atoms with Crippen molar-refractivity contribution in [1.82, 2.24) is 19.9 Å². The van der Waals surface area contributed by atoms with Crippen molar-refractivity contribution in [3.8, 4) is 11.3 Å². The fourth-order valence-electron chi connectivity index (χ4n) is 4.10. The summed E-state index contributed by atoms with van der Waals surface area (Å²) in [7, 11) is 0. The number of nitrogen functional groups attached to an aromatic ring is 1. The molecule has 0 spiro atoms. The van der Waals surface area contributed by atoms with Crippen LogP contribution in [0.2, 0.25) is 0 Å². The molecule has 0 unspecified atom stereocenters. The van der Waals surface area contributed by atoms with Crippen LogP contribution in [0.25, 0.3) is 28.0 Å². The number of aromatic nitrogens is 4. The Hall–Kier alpha value is -4.37. The molecule has 2 aromatic carbocycles. The zero-order chi connectivity index (χ0) is 24.7. The molecule has 0 aliphatic carbocycles. The Morgan fingerprint density at radius 1 is 1.11 bits per heavy atom. The van der Waals surface area contributed by atoms with Crippen molar-refractivity contribution in [2.24, 2.45) is 4.99 Å². The third-order valence-electron chi connectivity index (χ3n) is 5.75. The van der Waals surface area contributed by atoms with Gasteiger partial charge >= 0.3 is 0 Å². The average molecular weight is 484 g/mol. The number of halogens is 1. The highest BCUT2D eigenvalue weighted by Crippen LogP contribution is 2.40. The van der Waals surface area contributed by atoms with Crippen LogP contribution in [-0.2, 0) is 0 Å². The van der Waals surface area contributed by atoms with E-state index in [4.69, 9.17) is 10.8 Å². The summed E-state index contributed by atoms with van der Waals surface area (Å²) in [6.45, 7) is 12.2. The molecule has 0 aliphatic heterocycles. The second-order valence-electron chi connectivity index (χ2n) is 8.01. The minimum absolute atomic E-state index is 0.246. The van der Waals surface area contributed by atoms with Crippen molar-refractivity contribution in [2.45, 2.75) is 13.8 Å². The Bertz CT molecular complexity index is 1600. The van der Waals surface area contributed by atoms with E-state index in [1.54, 1.807) is 16.9 Å². The molecule has 0 saturated heterocycles. The van der Waals surface area contributed by atoms with E-state index in [1.807, 2.05) is 48.5 Å². The fraction of sp³-hybridized carbons (Fsp3) is 0.0769. The van der Waals surface area contributed by atoms with Crippen LogP contribution in [0, 0.1) is 19.7 Å². The number of rotatable bonds is 6. The van der Waals surface area contributed by atoms with Crippen molar-refractivity contribution in [3.63, 3.8) is 0 Å². The summed E-state index contributed by atoms with van der Waals surface area (Å²) < 4.78 is 14.1. The van der Waals surface area contributed by atoms with E-state index in [0.717, 1.165) is 27.4 Å². The number of hydrogen-bond donors (Lipinski definition) is 1. The maximum atomic E-state index is 14.1. The first-order valence-electron chi connectivity index (χ1n) is 10.8. The second kappa shape index (κ2) is 8.77. The lowest BCUT2D eigenvalue weighted by atomic mass is 10.1. The number of para-hydroxylation sites is 1. The number of anilines is 2. The average Bonchev–Trinajstić information content (AvgIpc) is 3.42. The Labute approximate surface area is 205 Å². The monoisotopic (exact) mass is 483 g/mol. The van der Waals surface area contributed by atoms with Crippen LogP contribution in [0.3, 0.4) is 0 Å². The van der Waals surface area contributed by atoms with Gasteiger partial charge in [0.05, 0.1) is 16.8 Å². The molecule has 35 heavy (non-hydrogen) atoms. The zero-order valence-electron chi connectivity index (χ0n) is 19.2. The summed E-state index contributed by atoms with van der Waals surface area (Å²) in [5, 5.41) is 10.0. The van der Waals surface area contributed by atoms with Gasteiger partial charge in [0, 0.05) is 11.1 Å². The van der Waals surface area contributed by atoms with Crippen LogP contribution in [0.15, 0.2) is 71.8 Å². The van der Waals surface area contributed by atoms with Crippen molar-refractivity contribution >= 4 is 51.3 Å². The maximum absolute atomic E-state index is 14.1. The summed E-state index contributed by atoms with van der Waals surface area (Å²) in [5.41, 5.74) is 12.1. The molecule has 2 N–H and O–H groups in total. The van der Waals surface area contributed by atoms with E-state index < -0.39 is 0 Å². The maximum Gasteiger partial charge on any atom is 0.187 e. The van der Waals surface area contributed by atoms with E-state index in [-0.39, 0.29) is 11.6 Å². The Balaban J connectivity index is 1.84. The lowest BCUT2D eigenvalue weighted by Crippen LogP contribution is -2.30. The van der Waals surface area contributed by atoms with Gasteiger partial charge < -0.3 is 5.73 Å². The molecule has 9 heteroatoms. The van der Waals surface area contributed by atoms with Crippen LogP contribution < -0.4 is 10.7 Å². The molecule has 5 aromatic rings. The number of aliphatic imine (C=N–C) groups is 1. The number of nitrogens with zero attached hydrogens (tertiary/aromatic N) is 6. The lowest BCUT2D eigenvalue weighted by Gasteiger charge is -2.28. The molecule has 3 aromatic heterocycles. The van der Waals surface area contributed by atoms with E-state index in [9.17, 15) is 4.39 Å². The zero-order valence-corrected chi connectivity index (χ0v) is 20.1. The Morgan fingerprint density at radius 2 is 1.91 bits per heavy atom. The molecule has 0 radical (unpaired) electrons. The third-order valence-corrected chi connectivity index (χ3v) is 6.78. The van der Waals surface area contributed by atoms with Crippen LogP contribution in [0.4, 0.5) is 20.9 Å². The van der Waals surface area contributed by atoms with Crippen molar-refractivity contribution in [3.05, 3.63) is 89.3 Å². The van der Waals surface area contributed by atoms with Crippen molar-refractivity contribution in [2.75, 3.05) is 10.7 Å². The highest BCUT2D eigenvalue weighted by atomic mass is 32.1. The Kier molecular flexibility index (Phi) is 5.62. The number of benzene rings is 2. The molecule has 3 heterocycles. The van der Waals surface area contributed by atoms with Gasteiger partial charge in [-0.1, -0.05) is 36.9 Å². The van der Waals surface area contributed by atoms with Crippen LogP contribution in [-0.4, -0.2) is 26.6 Å². The highest BCUT2D eigenvalue weighted by Gasteiger charge is 2.27. The minimum atomic E-state index is -0.378. The molecule has 0 aliphatic rings. The van der Waals surface area contributed by atoms with Gasteiger partial charge in [0.25, 0.3) is 0 Å². The molecule has 0 atom stereocenters. The summed E-state index contributed by atoms with van der Waals surface area (Å²) in [5.74, 6) is -0.132. The minimum Gasteiger partial charge on any atom is -0.383 e. The predicted molar refractivity (Wildman–Crippen MR) is 141 cm³/mol. The molecule has 0 saturated carbocycles. The molecule has 174 valence electrons. The van der Waals surface area contributed by atoms with Crippen LogP contribution >= 0.6 is 11.3 Å². The summed E-state index contributed by atoms with van der Waals surface area (Å²) in [6, 6.07) is 14.1. The Morgan fingerprint density at radius 3 is 2.66 bits per heavy atom. The number of hydrogen-bond acceptors (Lipinski definition) is 7. The lowest BCUT2D eigenvalue weighted by molar-refractivity contribution is 0.628. The fourth-order valence-corrected chi connectivity index (χ4v) is 4.98. The van der Waals surface area contributed by atoms with E-state index in [0.29, 0.717) is 28.0 Å². The molecular formula is C26H22FN7S. The summed E-state index contributed by atoms with van der Waals surface area (Å²) in [4.78, 5) is 14.5.